The highest BCUT2D eigenvalue weighted by molar-refractivity contribution is 4.83. The van der Waals surface area contributed by atoms with Gasteiger partial charge >= 0.3 is 0 Å². The number of nitrogens with zero attached hydrogens (tertiary/aromatic N) is 1. The molecular formula is C17H34N2. The molecule has 0 spiro atoms. The molecule has 2 aliphatic rings. The standard InChI is InChI=1S/C17H34N2/c1-3-13-18-16-9-11-17(12-10-16)19(2)14-15-7-5-4-6-8-15/h15-18H,3-14H2,1-2H3. The number of nitrogens with one attached hydrogen (secondary N) is 1. The molecule has 2 nitrogen and oxygen atoms in total. The third kappa shape index (κ3) is 5.07. The Bertz CT molecular complexity index is 227. The Labute approximate surface area is 120 Å². The van der Waals surface area contributed by atoms with E-state index >= 15 is 0 Å². The van der Waals surface area contributed by atoms with Crippen LogP contribution < -0.4 is 5.32 Å². The van der Waals surface area contributed by atoms with Gasteiger partial charge in [-0.1, -0.05) is 26.2 Å². The van der Waals surface area contributed by atoms with Gasteiger partial charge in [-0.3, -0.25) is 0 Å². The summed E-state index contributed by atoms with van der Waals surface area (Å²) in [5.74, 6) is 0.995. The van der Waals surface area contributed by atoms with Crippen molar-refractivity contribution < 1.29 is 0 Å². The van der Waals surface area contributed by atoms with Crippen LogP contribution >= 0.6 is 0 Å². The second-order valence-electron chi connectivity index (χ2n) is 6.90. The number of rotatable bonds is 6. The average molecular weight is 266 g/mol. The fourth-order valence-corrected chi connectivity index (χ4v) is 4.00. The van der Waals surface area contributed by atoms with E-state index in [9.17, 15) is 0 Å². The molecule has 0 aromatic heterocycles. The molecule has 112 valence electrons. The largest absolute Gasteiger partial charge is 0.314 e. The molecule has 2 fully saturated rings. The number of hydrogen-bond donors (Lipinski definition) is 1. The fourth-order valence-electron chi connectivity index (χ4n) is 4.00. The molecule has 2 saturated carbocycles. The zero-order valence-electron chi connectivity index (χ0n) is 13.2. The minimum atomic E-state index is 0.805. The quantitative estimate of drug-likeness (QED) is 0.786. The molecule has 0 unspecified atom stereocenters. The van der Waals surface area contributed by atoms with Crippen LogP contribution in [0.25, 0.3) is 0 Å². The van der Waals surface area contributed by atoms with Crippen molar-refractivity contribution in [3.05, 3.63) is 0 Å². The molecule has 19 heavy (non-hydrogen) atoms. The summed E-state index contributed by atoms with van der Waals surface area (Å²) < 4.78 is 0. The topological polar surface area (TPSA) is 15.3 Å². The van der Waals surface area contributed by atoms with Crippen LogP contribution in [0.5, 0.6) is 0 Å². The molecule has 0 aromatic rings. The predicted octanol–water partition coefficient (Wildman–Crippen LogP) is 3.81. The zero-order chi connectivity index (χ0) is 13.5. The van der Waals surface area contributed by atoms with Crippen molar-refractivity contribution in [3.63, 3.8) is 0 Å². The zero-order valence-corrected chi connectivity index (χ0v) is 13.2. The van der Waals surface area contributed by atoms with Crippen LogP contribution in [0.4, 0.5) is 0 Å². The lowest BCUT2D eigenvalue weighted by molar-refractivity contribution is 0.140. The first-order chi connectivity index (χ1) is 9.29. The molecule has 0 amide bonds. The van der Waals surface area contributed by atoms with Crippen molar-refractivity contribution in [2.75, 3.05) is 20.1 Å². The van der Waals surface area contributed by atoms with Crippen LogP contribution in [0.15, 0.2) is 0 Å². The molecule has 0 bridgehead atoms. The van der Waals surface area contributed by atoms with Crippen molar-refractivity contribution >= 4 is 0 Å². The highest BCUT2D eigenvalue weighted by atomic mass is 15.1. The van der Waals surface area contributed by atoms with Gasteiger partial charge in [0.05, 0.1) is 0 Å². The highest BCUT2D eigenvalue weighted by Gasteiger charge is 2.25. The Kier molecular flexibility index (Phi) is 6.66. The van der Waals surface area contributed by atoms with Gasteiger partial charge in [-0.25, -0.2) is 0 Å². The molecule has 0 radical (unpaired) electrons. The normalized spacial score (nSPS) is 29.8. The summed E-state index contributed by atoms with van der Waals surface area (Å²) in [4.78, 5) is 2.69. The summed E-state index contributed by atoms with van der Waals surface area (Å²) in [7, 11) is 2.37. The van der Waals surface area contributed by atoms with Crippen molar-refractivity contribution in [3.8, 4) is 0 Å². The first-order valence-electron chi connectivity index (χ1n) is 8.73. The summed E-state index contributed by atoms with van der Waals surface area (Å²) in [5.41, 5.74) is 0. The van der Waals surface area contributed by atoms with Crippen LogP contribution in [0.2, 0.25) is 0 Å². The van der Waals surface area contributed by atoms with Gasteiger partial charge in [-0.05, 0) is 64.5 Å². The first kappa shape index (κ1) is 15.3. The maximum absolute atomic E-state index is 3.69. The SMILES string of the molecule is CCCNC1CCC(N(C)CC2CCCCC2)CC1. The van der Waals surface area contributed by atoms with E-state index in [0.29, 0.717) is 0 Å². The Morgan fingerprint density at radius 2 is 1.63 bits per heavy atom. The molecule has 0 aromatic carbocycles. The molecule has 0 aliphatic heterocycles. The molecule has 0 saturated heterocycles. The van der Waals surface area contributed by atoms with Crippen LogP contribution in [-0.4, -0.2) is 37.1 Å². The van der Waals surface area contributed by atoms with E-state index in [1.54, 1.807) is 0 Å². The molecular weight excluding hydrogens is 232 g/mol. The van der Waals surface area contributed by atoms with Gasteiger partial charge in [0.15, 0.2) is 0 Å². The smallest absolute Gasteiger partial charge is 0.00934 e. The molecule has 2 heteroatoms. The van der Waals surface area contributed by atoms with Gasteiger partial charge in [0.2, 0.25) is 0 Å². The Morgan fingerprint density at radius 3 is 2.26 bits per heavy atom. The predicted molar refractivity (Wildman–Crippen MR) is 83.5 cm³/mol. The summed E-state index contributed by atoms with van der Waals surface area (Å²) in [6.07, 6.45) is 14.3. The van der Waals surface area contributed by atoms with Crippen molar-refractivity contribution in [1.29, 1.82) is 0 Å². The fraction of sp³-hybridized carbons (Fsp3) is 1.00. The van der Waals surface area contributed by atoms with Gasteiger partial charge in [0.25, 0.3) is 0 Å². The minimum Gasteiger partial charge on any atom is -0.314 e. The summed E-state index contributed by atoms with van der Waals surface area (Å²) in [6, 6.07) is 1.67. The monoisotopic (exact) mass is 266 g/mol. The van der Waals surface area contributed by atoms with E-state index in [4.69, 9.17) is 0 Å². The van der Waals surface area contributed by atoms with Gasteiger partial charge in [-0.2, -0.15) is 0 Å². The summed E-state index contributed by atoms with van der Waals surface area (Å²) >= 11 is 0. The van der Waals surface area contributed by atoms with E-state index in [0.717, 1.165) is 18.0 Å². The third-order valence-corrected chi connectivity index (χ3v) is 5.27. The van der Waals surface area contributed by atoms with Crippen molar-refractivity contribution in [2.45, 2.75) is 83.2 Å². The molecule has 0 atom stereocenters. The van der Waals surface area contributed by atoms with Crippen molar-refractivity contribution in [1.82, 2.24) is 10.2 Å². The van der Waals surface area contributed by atoms with Crippen LogP contribution in [0, 0.1) is 5.92 Å². The van der Waals surface area contributed by atoms with Crippen LogP contribution in [-0.2, 0) is 0 Å². The molecule has 1 N–H and O–H groups in total. The van der Waals surface area contributed by atoms with Gasteiger partial charge in [-0.15, -0.1) is 0 Å². The lowest BCUT2D eigenvalue weighted by Crippen LogP contribution is -2.42. The van der Waals surface area contributed by atoms with E-state index in [2.05, 4.69) is 24.2 Å². The lowest BCUT2D eigenvalue weighted by atomic mass is 9.86. The highest BCUT2D eigenvalue weighted by Crippen LogP contribution is 2.27. The van der Waals surface area contributed by atoms with E-state index < -0.39 is 0 Å². The van der Waals surface area contributed by atoms with Crippen LogP contribution in [0.1, 0.15) is 71.1 Å². The van der Waals surface area contributed by atoms with E-state index in [-0.39, 0.29) is 0 Å². The Morgan fingerprint density at radius 1 is 0.947 bits per heavy atom. The maximum Gasteiger partial charge on any atom is 0.00934 e. The third-order valence-electron chi connectivity index (χ3n) is 5.27. The number of hydrogen-bond acceptors (Lipinski definition) is 2. The lowest BCUT2D eigenvalue weighted by Gasteiger charge is -2.37. The Balaban J connectivity index is 1.65. The van der Waals surface area contributed by atoms with Gasteiger partial charge in [0.1, 0.15) is 0 Å². The van der Waals surface area contributed by atoms with E-state index in [1.165, 1.54) is 77.3 Å². The van der Waals surface area contributed by atoms with Gasteiger partial charge < -0.3 is 10.2 Å². The van der Waals surface area contributed by atoms with Crippen LogP contribution in [0.3, 0.4) is 0 Å². The second-order valence-corrected chi connectivity index (χ2v) is 6.90. The van der Waals surface area contributed by atoms with E-state index in [1.807, 2.05) is 0 Å². The Hall–Kier alpha value is -0.0800. The van der Waals surface area contributed by atoms with Crippen molar-refractivity contribution in [2.24, 2.45) is 5.92 Å². The molecule has 2 rings (SSSR count). The minimum absolute atomic E-state index is 0.805. The molecule has 2 aliphatic carbocycles. The van der Waals surface area contributed by atoms with Gasteiger partial charge in [0, 0.05) is 18.6 Å². The maximum atomic E-state index is 3.69. The first-order valence-corrected chi connectivity index (χ1v) is 8.73. The second kappa shape index (κ2) is 8.26. The average Bonchev–Trinajstić information content (AvgIpc) is 2.46. The summed E-state index contributed by atoms with van der Waals surface area (Å²) in [6.45, 7) is 4.82. The molecule has 0 heterocycles. The summed E-state index contributed by atoms with van der Waals surface area (Å²) in [5, 5.41) is 3.69.